The van der Waals surface area contributed by atoms with E-state index in [9.17, 15) is 0 Å². The topological polar surface area (TPSA) is 21.3 Å². The molecule has 1 heterocycles. The van der Waals surface area contributed by atoms with Crippen molar-refractivity contribution < 1.29 is 4.74 Å². The van der Waals surface area contributed by atoms with Crippen molar-refractivity contribution in [2.75, 3.05) is 13.7 Å². The zero-order valence-corrected chi connectivity index (χ0v) is 13.1. The van der Waals surface area contributed by atoms with Crippen molar-refractivity contribution in [2.45, 2.75) is 45.6 Å². The third-order valence-electron chi connectivity index (χ3n) is 3.90. The first-order chi connectivity index (χ1) is 8.63. The van der Waals surface area contributed by atoms with E-state index in [4.69, 9.17) is 4.74 Å². The largest absolute Gasteiger partial charge is 0.496 e. The quantitative estimate of drug-likeness (QED) is 0.917. The van der Waals surface area contributed by atoms with Gasteiger partial charge in [-0.25, -0.2) is 0 Å². The van der Waals surface area contributed by atoms with Gasteiger partial charge in [0, 0.05) is 6.04 Å². The Hall–Kier alpha value is -0.540. The van der Waals surface area contributed by atoms with Crippen LogP contribution >= 0.6 is 15.9 Å². The second-order valence-corrected chi connectivity index (χ2v) is 5.96. The second-order valence-electron chi connectivity index (χ2n) is 5.16. The lowest BCUT2D eigenvalue weighted by molar-refractivity contribution is 0.396. The third kappa shape index (κ3) is 2.89. The van der Waals surface area contributed by atoms with Gasteiger partial charge in [-0.3, -0.25) is 0 Å². The van der Waals surface area contributed by atoms with Crippen molar-refractivity contribution >= 4 is 15.9 Å². The van der Waals surface area contributed by atoms with E-state index in [0.29, 0.717) is 6.04 Å². The fraction of sp³-hybridized carbons (Fsp3) is 0.600. The molecule has 0 aromatic heterocycles. The minimum absolute atomic E-state index is 0.636. The first kappa shape index (κ1) is 13.9. The van der Waals surface area contributed by atoms with Gasteiger partial charge < -0.3 is 10.1 Å². The van der Waals surface area contributed by atoms with Gasteiger partial charge in [0.2, 0.25) is 0 Å². The first-order valence-corrected chi connectivity index (χ1v) is 7.48. The molecule has 0 amide bonds. The summed E-state index contributed by atoms with van der Waals surface area (Å²) in [6.07, 6.45) is 5.09. The summed E-state index contributed by atoms with van der Waals surface area (Å²) in [5.41, 5.74) is 4.11. The number of aryl methyl sites for hydroxylation is 1. The molecule has 1 saturated heterocycles. The fourth-order valence-corrected chi connectivity index (χ4v) is 3.28. The number of hydrogen-bond donors (Lipinski definition) is 1. The maximum absolute atomic E-state index is 5.39. The minimum atomic E-state index is 0.636. The van der Waals surface area contributed by atoms with Crippen LogP contribution < -0.4 is 10.1 Å². The Labute approximate surface area is 118 Å². The van der Waals surface area contributed by atoms with Gasteiger partial charge in [-0.05, 0) is 78.3 Å². The molecule has 1 aliphatic heterocycles. The monoisotopic (exact) mass is 311 g/mol. The predicted molar refractivity (Wildman–Crippen MR) is 79.5 cm³/mol. The lowest BCUT2D eigenvalue weighted by atomic mass is 9.92. The van der Waals surface area contributed by atoms with Crippen molar-refractivity contribution in [2.24, 2.45) is 0 Å². The van der Waals surface area contributed by atoms with Crippen molar-refractivity contribution in [1.82, 2.24) is 5.32 Å². The molecule has 1 aliphatic rings. The van der Waals surface area contributed by atoms with Gasteiger partial charge in [0.1, 0.15) is 5.75 Å². The summed E-state index contributed by atoms with van der Waals surface area (Å²) in [7, 11) is 1.72. The summed E-state index contributed by atoms with van der Waals surface area (Å²) in [6, 6.07) is 2.77. The van der Waals surface area contributed by atoms with Crippen LogP contribution in [0.2, 0.25) is 0 Å². The van der Waals surface area contributed by atoms with E-state index in [2.05, 4.69) is 41.2 Å². The molecule has 0 saturated carbocycles. The van der Waals surface area contributed by atoms with Crippen molar-refractivity contribution in [3.05, 3.63) is 27.2 Å². The Balaban J connectivity index is 2.24. The number of nitrogens with one attached hydrogen (secondary N) is 1. The number of piperidine rings is 1. The molecule has 0 spiro atoms. The summed E-state index contributed by atoms with van der Waals surface area (Å²) in [5, 5.41) is 3.62. The zero-order valence-electron chi connectivity index (χ0n) is 11.5. The molecule has 2 rings (SSSR count). The van der Waals surface area contributed by atoms with Crippen LogP contribution in [-0.4, -0.2) is 19.7 Å². The molecule has 1 fully saturated rings. The standard InChI is InChI=1S/C15H22BrNO/c1-10-8-14(18-3)15(16)11(2)13(10)9-12-6-4-5-7-17-12/h8,12,17H,4-7,9H2,1-3H3. The van der Waals surface area contributed by atoms with Gasteiger partial charge in [-0.2, -0.15) is 0 Å². The number of ether oxygens (including phenoxy) is 1. The number of benzene rings is 1. The van der Waals surface area contributed by atoms with Gasteiger partial charge >= 0.3 is 0 Å². The van der Waals surface area contributed by atoms with Gasteiger partial charge in [0.25, 0.3) is 0 Å². The minimum Gasteiger partial charge on any atom is -0.496 e. The molecule has 1 aromatic rings. The van der Waals surface area contributed by atoms with Gasteiger partial charge in [-0.15, -0.1) is 0 Å². The molecule has 1 atom stereocenters. The molecule has 0 bridgehead atoms. The van der Waals surface area contributed by atoms with Crippen LogP contribution in [-0.2, 0) is 6.42 Å². The molecule has 1 unspecified atom stereocenters. The number of halogens is 1. The van der Waals surface area contributed by atoms with E-state index in [0.717, 1.165) is 16.6 Å². The van der Waals surface area contributed by atoms with E-state index in [-0.39, 0.29) is 0 Å². The highest BCUT2D eigenvalue weighted by atomic mass is 79.9. The summed E-state index contributed by atoms with van der Waals surface area (Å²) < 4.78 is 6.49. The second kappa shape index (κ2) is 6.07. The van der Waals surface area contributed by atoms with E-state index in [1.807, 2.05) is 0 Å². The number of hydrogen-bond acceptors (Lipinski definition) is 2. The van der Waals surface area contributed by atoms with Crippen LogP contribution in [0.4, 0.5) is 0 Å². The van der Waals surface area contributed by atoms with Crippen LogP contribution in [0.25, 0.3) is 0 Å². The lowest BCUT2D eigenvalue weighted by Gasteiger charge is -2.25. The van der Waals surface area contributed by atoms with E-state index >= 15 is 0 Å². The summed E-state index contributed by atoms with van der Waals surface area (Å²) in [6.45, 7) is 5.53. The summed E-state index contributed by atoms with van der Waals surface area (Å²) in [4.78, 5) is 0. The average Bonchev–Trinajstić information content (AvgIpc) is 2.40. The SMILES string of the molecule is COc1cc(C)c(CC2CCCCN2)c(C)c1Br. The zero-order chi connectivity index (χ0) is 13.1. The molecule has 1 aromatic carbocycles. The molecule has 0 aliphatic carbocycles. The summed E-state index contributed by atoms with van der Waals surface area (Å²) in [5.74, 6) is 0.936. The molecule has 18 heavy (non-hydrogen) atoms. The van der Waals surface area contributed by atoms with E-state index in [1.54, 1.807) is 7.11 Å². The Morgan fingerprint density at radius 2 is 2.17 bits per heavy atom. The van der Waals surface area contributed by atoms with E-state index in [1.165, 1.54) is 42.5 Å². The summed E-state index contributed by atoms with van der Waals surface area (Å²) >= 11 is 3.64. The van der Waals surface area contributed by atoms with Crippen molar-refractivity contribution in [3.63, 3.8) is 0 Å². The van der Waals surface area contributed by atoms with Crippen LogP contribution in [0.1, 0.15) is 36.0 Å². The van der Waals surface area contributed by atoms with Crippen LogP contribution in [0, 0.1) is 13.8 Å². The normalized spacial score (nSPS) is 19.9. The van der Waals surface area contributed by atoms with Crippen LogP contribution in [0.5, 0.6) is 5.75 Å². The molecule has 0 radical (unpaired) electrons. The van der Waals surface area contributed by atoms with Crippen LogP contribution in [0.3, 0.4) is 0 Å². The Bertz CT molecular complexity index is 425. The van der Waals surface area contributed by atoms with Crippen molar-refractivity contribution in [1.29, 1.82) is 0 Å². The number of rotatable bonds is 3. The average molecular weight is 312 g/mol. The molecule has 3 heteroatoms. The first-order valence-electron chi connectivity index (χ1n) is 6.69. The molecule has 100 valence electrons. The predicted octanol–water partition coefficient (Wildman–Crippen LogP) is 3.76. The highest BCUT2D eigenvalue weighted by Crippen LogP contribution is 2.33. The van der Waals surface area contributed by atoms with Crippen LogP contribution in [0.15, 0.2) is 10.5 Å². The molecule has 1 N–H and O–H groups in total. The fourth-order valence-electron chi connectivity index (χ4n) is 2.77. The molecule has 2 nitrogen and oxygen atoms in total. The highest BCUT2D eigenvalue weighted by molar-refractivity contribution is 9.10. The van der Waals surface area contributed by atoms with E-state index < -0.39 is 0 Å². The molecular formula is C15H22BrNO. The Morgan fingerprint density at radius 3 is 2.78 bits per heavy atom. The smallest absolute Gasteiger partial charge is 0.133 e. The Morgan fingerprint density at radius 1 is 1.39 bits per heavy atom. The van der Waals surface area contributed by atoms with Gasteiger partial charge in [0.05, 0.1) is 11.6 Å². The van der Waals surface area contributed by atoms with Gasteiger partial charge in [0.15, 0.2) is 0 Å². The van der Waals surface area contributed by atoms with Crippen molar-refractivity contribution in [3.8, 4) is 5.75 Å². The highest BCUT2D eigenvalue weighted by Gasteiger charge is 2.18. The number of methoxy groups -OCH3 is 1. The lowest BCUT2D eigenvalue weighted by Crippen LogP contribution is -2.35. The third-order valence-corrected chi connectivity index (χ3v) is 4.89. The maximum atomic E-state index is 5.39. The molecular weight excluding hydrogens is 290 g/mol. The van der Waals surface area contributed by atoms with Gasteiger partial charge in [-0.1, -0.05) is 6.42 Å². The maximum Gasteiger partial charge on any atom is 0.133 e. The Kier molecular flexibility index (Phi) is 4.68.